The molecule has 1 aromatic rings. The number of hydrazone groups is 1. The number of nitrogens with one attached hydrogen (secondary N) is 2. The van der Waals surface area contributed by atoms with Crippen LogP contribution >= 0.6 is 23.2 Å². The highest BCUT2D eigenvalue weighted by atomic mass is 35.5. The molecule has 0 saturated heterocycles. The van der Waals surface area contributed by atoms with Gasteiger partial charge >= 0.3 is 0 Å². The predicted octanol–water partition coefficient (Wildman–Crippen LogP) is 4.47. The van der Waals surface area contributed by atoms with Gasteiger partial charge in [-0.3, -0.25) is 14.6 Å². The van der Waals surface area contributed by atoms with Crippen molar-refractivity contribution in [1.29, 1.82) is 0 Å². The van der Waals surface area contributed by atoms with E-state index in [9.17, 15) is 9.59 Å². The van der Waals surface area contributed by atoms with Crippen LogP contribution in [0.3, 0.4) is 0 Å². The lowest BCUT2D eigenvalue weighted by atomic mass is 10.1. The number of benzene rings is 1. The number of unbranched alkanes of at least 4 members (excludes halogenated alkanes) is 5. The number of hydrogen-bond donors (Lipinski definition) is 3. The number of rotatable bonds is 13. The molecule has 0 bridgehead atoms. The number of carbonyl (C=O) groups is 2. The molecular weight excluding hydrogens is 449 g/mol. The first-order valence-corrected chi connectivity index (χ1v) is 12.2. The van der Waals surface area contributed by atoms with Crippen LogP contribution in [0.4, 0.5) is 5.69 Å². The molecule has 0 fully saturated rings. The lowest BCUT2D eigenvalue weighted by Crippen LogP contribution is -2.34. The Bertz CT molecular complexity index is 788. The van der Waals surface area contributed by atoms with E-state index >= 15 is 0 Å². The van der Waals surface area contributed by atoms with Crippen molar-refractivity contribution in [3.8, 4) is 0 Å². The summed E-state index contributed by atoms with van der Waals surface area (Å²) in [6.45, 7) is 3.91. The Kier molecular flexibility index (Phi) is 11.8. The molecule has 32 heavy (non-hydrogen) atoms. The van der Waals surface area contributed by atoms with Crippen LogP contribution in [0.2, 0.25) is 10.0 Å². The summed E-state index contributed by atoms with van der Waals surface area (Å²) >= 11 is 12.1. The smallest absolute Gasteiger partial charge is 0.225 e. The quantitative estimate of drug-likeness (QED) is 0.360. The summed E-state index contributed by atoms with van der Waals surface area (Å²) in [5.74, 6) is 0.678. The molecule has 1 aliphatic rings. The van der Waals surface area contributed by atoms with Crippen molar-refractivity contribution in [2.45, 2.75) is 64.7 Å². The summed E-state index contributed by atoms with van der Waals surface area (Å²) in [5.41, 5.74) is 6.30. The van der Waals surface area contributed by atoms with Crippen LogP contribution in [0.15, 0.2) is 23.3 Å². The van der Waals surface area contributed by atoms with E-state index in [0.717, 1.165) is 37.9 Å². The van der Waals surface area contributed by atoms with E-state index in [1.165, 1.54) is 12.8 Å². The monoisotopic (exact) mass is 483 g/mol. The molecule has 7 nitrogen and oxygen atoms in total. The minimum atomic E-state index is -0.0988. The Morgan fingerprint density at radius 2 is 1.72 bits per heavy atom. The number of amides is 2. The Labute approximate surface area is 201 Å². The second-order valence-electron chi connectivity index (χ2n) is 8.23. The van der Waals surface area contributed by atoms with Gasteiger partial charge < -0.3 is 16.4 Å². The van der Waals surface area contributed by atoms with E-state index in [1.807, 2.05) is 13.0 Å². The maximum atomic E-state index is 12.3. The highest BCUT2D eigenvalue weighted by Gasteiger charge is 2.25. The Hall–Kier alpha value is -1.83. The van der Waals surface area contributed by atoms with Crippen LogP contribution in [-0.4, -0.2) is 37.3 Å². The van der Waals surface area contributed by atoms with Gasteiger partial charge in [-0.1, -0.05) is 55.8 Å². The lowest BCUT2D eigenvalue weighted by Gasteiger charge is -2.14. The molecule has 1 aliphatic heterocycles. The number of nitrogens with two attached hydrogens (primary N) is 1. The molecule has 0 radical (unpaired) electrons. The van der Waals surface area contributed by atoms with Crippen LogP contribution in [-0.2, 0) is 9.59 Å². The van der Waals surface area contributed by atoms with Gasteiger partial charge in [-0.15, -0.1) is 0 Å². The number of amidine groups is 1. The van der Waals surface area contributed by atoms with Crippen molar-refractivity contribution in [3.63, 3.8) is 0 Å². The van der Waals surface area contributed by atoms with Crippen LogP contribution in [0.5, 0.6) is 0 Å². The van der Waals surface area contributed by atoms with Gasteiger partial charge in [-0.05, 0) is 44.0 Å². The van der Waals surface area contributed by atoms with Gasteiger partial charge in [0.15, 0.2) is 0 Å². The van der Waals surface area contributed by atoms with Crippen LogP contribution in [0, 0.1) is 5.92 Å². The van der Waals surface area contributed by atoms with Gasteiger partial charge in [0.25, 0.3) is 0 Å². The largest absolute Gasteiger partial charge is 0.356 e. The van der Waals surface area contributed by atoms with E-state index in [2.05, 4.69) is 15.7 Å². The van der Waals surface area contributed by atoms with Crippen molar-refractivity contribution in [2.24, 2.45) is 16.8 Å². The third-order valence-electron chi connectivity index (χ3n) is 5.37. The zero-order chi connectivity index (χ0) is 23.3. The Morgan fingerprint density at radius 1 is 1.03 bits per heavy atom. The standard InChI is InChI=1S/C23H35Cl2N5O2/c1-17-16-30(18-11-12-19(24)20(25)15-18)29-23(17)28-22(32)10-8-14-27-21(31)9-6-4-2-3-5-7-13-26/h11-12,15,17H,2-10,13-14,16,26H2,1H3,(H,27,31)(H,28,29,32). The number of hydrogen-bond acceptors (Lipinski definition) is 5. The average molecular weight is 484 g/mol. The van der Waals surface area contributed by atoms with Gasteiger partial charge in [0.1, 0.15) is 5.84 Å². The highest BCUT2D eigenvalue weighted by Crippen LogP contribution is 2.29. The molecule has 1 atom stereocenters. The number of halogens is 2. The summed E-state index contributed by atoms with van der Waals surface area (Å²) in [7, 11) is 0. The van der Waals surface area contributed by atoms with Crippen LogP contribution in [0.25, 0.3) is 0 Å². The van der Waals surface area contributed by atoms with E-state index in [1.54, 1.807) is 17.1 Å². The zero-order valence-electron chi connectivity index (χ0n) is 18.8. The van der Waals surface area contributed by atoms with E-state index in [-0.39, 0.29) is 17.7 Å². The molecular formula is C23H35Cl2N5O2. The topological polar surface area (TPSA) is 99.8 Å². The lowest BCUT2D eigenvalue weighted by molar-refractivity contribution is -0.122. The Morgan fingerprint density at radius 3 is 2.44 bits per heavy atom. The van der Waals surface area contributed by atoms with Crippen molar-refractivity contribution >= 4 is 46.5 Å². The maximum Gasteiger partial charge on any atom is 0.225 e. The first-order chi connectivity index (χ1) is 15.4. The van der Waals surface area contributed by atoms with Crippen molar-refractivity contribution in [3.05, 3.63) is 28.2 Å². The molecule has 0 saturated carbocycles. The third kappa shape index (κ3) is 9.35. The SMILES string of the molecule is CC1CN(c2ccc(Cl)c(Cl)c2)N=C1NC(=O)CCCNC(=O)CCCCCCCCN. The van der Waals surface area contributed by atoms with Crippen LogP contribution in [0.1, 0.15) is 64.7 Å². The van der Waals surface area contributed by atoms with Crippen LogP contribution < -0.4 is 21.4 Å². The maximum absolute atomic E-state index is 12.3. The molecule has 0 spiro atoms. The molecule has 2 amide bonds. The first kappa shape index (κ1) is 26.4. The fraction of sp³-hybridized carbons (Fsp3) is 0.609. The van der Waals surface area contributed by atoms with Gasteiger partial charge in [-0.2, -0.15) is 5.10 Å². The highest BCUT2D eigenvalue weighted by molar-refractivity contribution is 6.42. The minimum absolute atomic E-state index is 0.0541. The van der Waals surface area contributed by atoms with Crippen molar-refractivity contribution in [2.75, 3.05) is 24.6 Å². The number of carbonyl (C=O) groups excluding carboxylic acids is 2. The fourth-order valence-electron chi connectivity index (χ4n) is 3.48. The molecule has 178 valence electrons. The Balaban J connectivity index is 1.61. The molecule has 1 heterocycles. The molecule has 0 aliphatic carbocycles. The van der Waals surface area contributed by atoms with E-state index in [0.29, 0.717) is 48.2 Å². The second-order valence-corrected chi connectivity index (χ2v) is 9.04. The van der Waals surface area contributed by atoms with Crippen molar-refractivity contribution in [1.82, 2.24) is 10.6 Å². The number of anilines is 1. The molecule has 1 unspecified atom stereocenters. The van der Waals surface area contributed by atoms with Gasteiger partial charge in [0.2, 0.25) is 11.8 Å². The molecule has 1 aromatic carbocycles. The van der Waals surface area contributed by atoms with Gasteiger partial charge in [-0.25, -0.2) is 0 Å². The minimum Gasteiger partial charge on any atom is -0.356 e. The zero-order valence-corrected chi connectivity index (χ0v) is 20.4. The average Bonchev–Trinajstić information content (AvgIpc) is 3.12. The van der Waals surface area contributed by atoms with Crippen molar-refractivity contribution < 1.29 is 9.59 Å². The molecule has 4 N–H and O–H groups in total. The van der Waals surface area contributed by atoms with Gasteiger partial charge in [0, 0.05) is 25.3 Å². The summed E-state index contributed by atoms with van der Waals surface area (Å²) in [6.07, 6.45) is 8.03. The van der Waals surface area contributed by atoms with E-state index < -0.39 is 0 Å². The normalized spacial score (nSPS) is 15.6. The molecule has 2 rings (SSSR count). The first-order valence-electron chi connectivity index (χ1n) is 11.5. The summed E-state index contributed by atoms with van der Waals surface area (Å²) in [6, 6.07) is 5.34. The molecule has 0 aromatic heterocycles. The third-order valence-corrected chi connectivity index (χ3v) is 6.11. The molecule has 9 heteroatoms. The summed E-state index contributed by atoms with van der Waals surface area (Å²) in [4.78, 5) is 24.2. The fourth-order valence-corrected chi connectivity index (χ4v) is 3.77. The second kappa shape index (κ2) is 14.3. The summed E-state index contributed by atoms with van der Waals surface area (Å²) in [5, 5.41) is 13.1. The summed E-state index contributed by atoms with van der Waals surface area (Å²) < 4.78 is 0. The van der Waals surface area contributed by atoms with Gasteiger partial charge in [0.05, 0.1) is 22.3 Å². The number of nitrogens with zero attached hydrogens (tertiary/aromatic N) is 2. The van der Waals surface area contributed by atoms with E-state index in [4.69, 9.17) is 28.9 Å². The predicted molar refractivity (Wildman–Crippen MR) is 132 cm³/mol.